The molecule has 2 aromatic carbocycles. The molecule has 0 aliphatic heterocycles. The van der Waals surface area contributed by atoms with Crippen molar-refractivity contribution in [3.05, 3.63) is 65.2 Å². The maximum absolute atomic E-state index is 12.3. The van der Waals surface area contributed by atoms with E-state index in [1.165, 1.54) is 0 Å². The van der Waals surface area contributed by atoms with Crippen molar-refractivity contribution in [2.24, 2.45) is 5.92 Å². The lowest BCUT2D eigenvalue weighted by atomic mass is 10.1. The van der Waals surface area contributed by atoms with Gasteiger partial charge in [-0.15, -0.1) is 0 Å². The Bertz CT molecular complexity index is 702. The Morgan fingerprint density at radius 2 is 1.68 bits per heavy atom. The highest BCUT2D eigenvalue weighted by molar-refractivity contribution is 6.30. The van der Waals surface area contributed by atoms with Gasteiger partial charge in [0.2, 0.25) is 0 Å². The fourth-order valence-electron chi connectivity index (χ4n) is 2.15. The summed E-state index contributed by atoms with van der Waals surface area (Å²) in [5, 5.41) is 5.97. The van der Waals surface area contributed by atoms with E-state index in [0.717, 1.165) is 5.56 Å². The van der Waals surface area contributed by atoms with Gasteiger partial charge >= 0.3 is 12.0 Å². The Labute approximate surface area is 152 Å². The molecular formula is C19H21ClN2O3. The first-order valence-corrected chi connectivity index (χ1v) is 8.37. The maximum atomic E-state index is 12.3. The second-order valence-corrected chi connectivity index (χ2v) is 6.36. The van der Waals surface area contributed by atoms with Crippen LogP contribution in [-0.2, 0) is 16.1 Å². The zero-order chi connectivity index (χ0) is 18.2. The van der Waals surface area contributed by atoms with Crippen molar-refractivity contribution in [2.45, 2.75) is 26.5 Å². The predicted octanol–water partition coefficient (Wildman–Crippen LogP) is 4.23. The Kier molecular flexibility index (Phi) is 6.83. The van der Waals surface area contributed by atoms with E-state index in [4.69, 9.17) is 16.3 Å². The van der Waals surface area contributed by atoms with Crippen molar-refractivity contribution >= 4 is 29.3 Å². The van der Waals surface area contributed by atoms with Crippen LogP contribution in [0.4, 0.5) is 10.5 Å². The fourth-order valence-corrected chi connectivity index (χ4v) is 2.28. The van der Waals surface area contributed by atoms with Gasteiger partial charge in [0.05, 0.1) is 0 Å². The van der Waals surface area contributed by atoms with Crippen LogP contribution in [0.1, 0.15) is 19.4 Å². The molecular weight excluding hydrogens is 340 g/mol. The number of amides is 2. The third-order valence-corrected chi connectivity index (χ3v) is 3.79. The summed E-state index contributed by atoms with van der Waals surface area (Å²) in [6.45, 7) is 3.81. The second kappa shape index (κ2) is 9.08. The minimum Gasteiger partial charge on any atom is -0.459 e. The Hall–Kier alpha value is -2.53. The van der Waals surface area contributed by atoms with Gasteiger partial charge in [0.1, 0.15) is 12.6 Å². The van der Waals surface area contributed by atoms with Crippen LogP contribution in [0, 0.1) is 5.92 Å². The van der Waals surface area contributed by atoms with Crippen molar-refractivity contribution in [3.8, 4) is 0 Å². The molecule has 2 N–H and O–H groups in total. The van der Waals surface area contributed by atoms with E-state index in [9.17, 15) is 9.59 Å². The number of urea groups is 1. The molecule has 0 saturated carbocycles. The molecule has 2 rings (SSSR count). The molecule has 0 aromatic heterocycles. The number of para-hydroxylation sites is 1. The summed E-state index contributed by atoms with van der Waals surface area (Å²) in [5.41, 5.74) is 1.48. The average molecular weight is 361 g/mol. The van der Waals surface area contributed by atoms with Gasteiger partial charge in [-0.05, 0) is 35.7 Å². The number of ether oxygens (including phenoxy) is 1. The van der Waals surface area contributed by atoms with E-state index in [1.54, 1.807) is 36.4 Å². The van der Waals surface area contributed by atoms with Gasteiger partial charge in [0, 0.05) is 10.7 Å². The standard InChI is InChI=1S/C19H21ClN2O3/c1-13(2)17(22-19(24)21-16-6-4-3-5-7-16)18(23)25-12-14-8-10-15(20)11-9-14/h3-11,13,17H,12H2,1-2H3,(H2,21,22,24)/t17-/m0/s1. The van der Waals surface area contributed by atoms with Gasteiger partial charge in [-0.25, -0.2) is 9.59 Å². The van der Waals surface area contributed by atoms with Gasteiger partial charge in [-0.3, -0.25) is 0 Å². The Morgan fingerprint density at radius 3 is 2.28 bits per heavy atom. The minimum absolute atomic E-state index is 0.112. The fraction of sp³-hybridized carbons (Fsp3) is 0.263. The molecule has 25 heavy (non-hydrogen) atoms. The maximum Gasteiger partial charge on any atom is 0.329 e. The third kappa shape index (κ3) is 6.12. The van der Waals surface area contributed by atoms with Crippen molar-refractivity contribution in [3.63, 3.8) is 0 Å². The van der Waals surface area contributed by atoms with Gasteiger partial charge < -0.3 is 15.4 Å². The summed E-state index contributed by atoms with van der Waals surface area (Å²) in [4.78, 5) is 24.4. The van der Waals surface area contributed by atoms with Gasteiger partial charge in [0.25, 0.3) is 0 Å². The average Bonchev–Trinajstić information content (AvgIpc) is 2.59. The zero-order valence-electron chi connectivity index (χ0n) is 14.2. The highest BCUT2D eigenvalue weighted by atomic mass is 35.5. The molecule has 0 aliphatic carbocycles. The highest BCUT2D eigenvalue weighted by Gasteiger charge is 2.25. The highest BCUT2D eigenvalue weighted by Crippen LogP contribution is 2.12. The molecule has 0 heterocycles. The number of rotatable bonds is 6. The van der Waals surface area contributed by atoms with E-state index < -0.39 is 18.0 Å². The van der Waals surface area contributed by atoms with E-state index in [0.29, 0.717) is 10.7 Å². The van der Waals surface area contributed by atoms with E-state index in [1.807, 2.05) is 32.0 Å². The number of esters is 1. The molecule has 2 aromatic rings. The topological polar surface area (TPSA) is 67.4 Å². The number of carbonyl (C=O) groups excluding carboxylic acids is 2. The molecule has 0 bridgehead atoms. The van der Waals surface area contributed by atoms with Crippen LogP contribution in [0.3, 0.4) is 0 Å². The molecule has 132 valence electrons. The Morgan fingerprint density at radius 1 is 1.04 bits per heavy atom. The monoisotopic (exact) mass is 360 g/mol. The summed E-state index contributed by atoms with van der Waals surface area (Å²) in [5.74, 6) is -0.590. The molecule has 0 spiro atoms. The quantitative estimate of drug-likeness (QED) is 0.757. The first-order chi connectivity index (χ1) is 12.0. The van der Waals surface area contributed by atoms with Gasteiger partial charge in [0.15, 0.2) is 0 Å². The second-order valence-electron chi connectivity index (χ2n) is 5.92. The molecule has 1 atom stereocenters. The SMILES string of the molecule is CC(C)[C@H](NC(=O)Nc1ccccc1)C(=O)OCc1ccc(Cl)cc1. The number of anilines is 1. The van der Waals surface area contributed by atoms with Crippen LogP contribution in [-0.4, -0.2) is 18.0 Å². The van der Waals surface area contributed by atoms with Crippen LogP contribution in [0.5, 0.6) is 0 Å². The lowest BCUT2D eigenvalue weighted by Crippen LogP contribution is -2.47. The van der Waals surface area contributed by atoms with E-state index in [2.05, 4.69) is 10.6 Å². The van der Waals surface area contributed by atoms with Crippen molar-refractivity contribution in [1.82, 2.24) is 5.32 Å². The first-order valence-electron chi connectivity index (χ1n) is 7.99. The molecule has 0 fully saturated rings. The third-order valence-electron chi connectivity index (χ3n) is 3.53. The summed E-state index contributed by atoms with van der Waals surface area (Å²) >= 11 is 5.83. The first kappa shape index (κ1) is 18.8. The summed E-state index contributed by atoms with van der Waals surface area (Å²) < 4.78 is 5.32. The van der Waals surface area contributed by atoms with Crippen molar-refractivity contribution in [2.75, 3.05) is 5.32 Å². The zero-order valence-corrected chi connectivity index (χ0v) is 14.9. The van der Waals surface area contributed by atoms with E-state index in [-0.39, 0.29) is 12.5 Å². The van der Waals surface area contributed by atoms with Crippen LogP contribution in [0.2, 0.25) is 5.02 Å². The largest absolute Gasteiger partial charge is 0.459 e. The predicted molar refractivity (Wildman–Crippen MR) is 98.5 cm³/mol. The smallest absolute Gasteiger partial charge is 0.329 e. The number of halogens is 1. The van der Waals surface area contributed by atoms with Crippen LogP contribution >= 0.6 is 11.6 Å². The normalized spacial score (nSPS) is 11.7. The number of nitrogens with one attached hydrogen (secondary N) is 2. The lowest BCUT2D eigenvalue weighted by Gasteiger charge is -2.21. The molecule has 0 unspecified atom stereocenters. The number of carbonyl (C=O) groups is 2. The van der Waals surface area contributed by atoms with Gasteiger partial charge in [-0.2, -0.15) is 0 Å². The van der Waals surface area contributed by atoms with E-state index >= 15 is 0 Å². The number of hydrogen-bond donors (Lipinski definition) is 2. The minimum atomic E-state index is -0.740. The summed E-state index contributed by atoms with van der Waals surface area (Å²) in [6.07, 6.45) is 0. The molecule has 6 heteroatoms. The molecule has 5 nitrogen and oxygen atoms in total. The van der Waals surface area contributed by atoms with Crippen LogP contribution in [0.15, 0.2) is 54.6 Å². The molecule has 0 aliphatic rings. The lowest BCUT2D eigenvalue weighted by molar-refractivity contribution is -0.148. The summed E-state index contributed by atoms with van der Waals surface area (Å²) in [6, 6.07) is 14.9. The van der Waals surface area contributed by atoms with Gasteiger partial charge in [-0.1, -0.05) is 55.8 Å². The number of benzene rings is 2. The summed E-state index contributed by atoms with van der Waals surface area (Å²) in [7, 11) is 0. The molecule has 0 radical (unpaired) electrons. The van der Waals surface area contributed by atoms with Crippen LogP contribution in [0.25, 0.3) is 0 Å². The van der Waals surface area contributed by atoms with Crippen LogP contribution < -0.4 is 10.6 Å². The van der Waals surface area contributed by atoms with Crippen molar-refractivity contribution < 1.29 is 14.3 Å². The molecule has 0 saturated heterocycles. The number of hydrogen-bond acceptors (Lipinski definition) is 3. The van der Waals surface area contributed by atoms with Crippen molar-refractivity contribution in [1.29, 1.82) is 0 Å². The Balaban J connectivity index is 1.91. The molecule has 2 amide bonds.